The number of carbonyl (C=O) groups is 4. The number of amides is 1. The minimum absolute atomic E-state index is 0.0488. The highest BCUT2D eigenvalue weighted by atomic mass is 16.6. The summed E-state index contributed by atoms with van der Waals surface area (Å²) in [5.41, 5.74) is -3.86. The summed E-state index contributed by atoms with van der Waals surface area (Å²) in [6, 6.07) is -0.559. The summed E-state index contributed by atoms with van der Waals surface area (Å²) in [6.45, 7) is 25.0. The Kier molecular flexibility index (Phi) is 9.07. The number of Topliss-reactive ketones (excluding diaryl/α,β-unsaturated/α-hetero) is 2. The van der Waals surface area contributed by atoms with Crippen LogP contribution in [0, 0.1) is 45.8 Å². The van der Waals surface area contributed by atoms with Gasteiger partial charge >= 0.3 is 12.1 Å². The topological polar surface area (TPSA) is 128 Å². The molecular formula is C36H57NO8. The second-order valence-corrected chi connectivity index (χ2v) is 17.1. The maximum Gasteiger partial charge on any atom is 0.407 e. The van der Waals surface area contributed by atoms with E-state index in [-0.39, 0.29) is 41.3 Å². The molecule has 254 valence electrons. The van der Waals surface area contributed by atoms with E-state index in [1.54, 1.807) is 34.6 Å². The Morgan fingerprint density at radius 3 is 2.20 bits per heavy atom. The number of nitrogens with one attached hydrogen (secondary N) is 1. The van der Waals surface area contributed by atoms with Crippen LogP contribution in [0.1, 0.15) is 109 Å². The normalized spacial score (nSPS) is 39.0. The molecule has 4 rings (SSSR count). The number of carbonyl (C=O) groups excluding carboxylic acids is 4. The van der Waals surface area contributed by atoms with Crippen molar-refractivity contribution in [3.8, 4) is 0 Å². The second-order valence-electron chi connectivity index (χ2n) is 17.1. The number of fused-ring (bicyclic) bond motifs is 5. The van der Waals surface area contributed by atoms with Crippen LogP contribution in [0.5, 0.6) is 0 Å². The number of alkyl carbamates (subject to hydrolysis) is 1. The molecule has 2 saturated carbocycles. The summed E-state index contributed by atoms with van der Waals surface area (Å²) in [5, 5.41) is 15.7. The van der Waals surface area contributed by atoms with Crippen LogP contribution < -0.4 is 5.32 Å². The Hall–Kier alpha value is -2.26. The molecule has 45 heavy (non-hydrogen) atoms. The van der Waals surface area contributed by atoms with Gasteiger partial charge in [-0.1, -0.05) is 55.4 Å². The van der Waals surface area contributed by atoms with Crippen molar-refractivity contribution in [2.24, 2.45) is 45.8 Å². The van der Waals surface area contributed by atoms with Gasteiger partial charge in [-0.2, -0.15) is 0 Å². The van der Waals surface area contributed by atoms with Gasteiger partial charge in [0.2, 0.25) is 11.6 Å². The maximum absolute atomic E-state index is 14.4. The van der Waals surface area contributed by atoms with E-state index in [1.807, 2.05) is 48.5 Å². The highest BCUT2D eigenvalue weighted by molar-refractivity contribution is 6.46. The first-order valence-electron chi connectivity index (χ1n) is 16.8. The SMILES string of the molecule is CC1=C2C(=O)C(=O)[C@@]3(C)[C@H]([C@H](C)[C@](O)(C[C@@H]1OC(=O)[C@H](C)[C@H](CC(C)C)NC(=O)OC(C)(C)C)C2(C)C)[C@]1(C)CO[C@@H]1C[C@@H]3C. The molecule has 4 aliphatic rings. The molecule has 0 spiro atoms. The lowest BCUT2D eigenvalue weighted by molar-refractivity contribution is -0.290. The molecule has 2 N–H and O–H groups in total. The Morgan fingerprint density at radius 1 is 1.09 bits per heavy atom. The molecular weight excluding hydrogens is 574 g/mol. The molecule has 3 aliphatic carbocycles. The first kappa shape index (κ1) is 35.6. The fraction of sp³-hybridized carbons (Fsp3) is 0.833. The van der Waals surface area contributed by atoms with E-state index in [9.17, 15) is 24.3 Å². The average Bonchev–Trinajstić information content (AvgIpc) is 2.89. The highest BCUT2D eigenvalue weighted by Crippen LogP contribution is 2.67. The van der Waals surface area contributed by atoms with E-state index in [0.29, 0.717) is 25.0 Å². The Morgan fingerprint density at radius 2 is 1.69 bits per heavy atom. The molecule has 1 heterocycles. The van der Waals surface area contributed by atoms with Gasteiger partial charge in [-0.25, -0.2) is 4.79 Å². The third kappa shape index (κ3) is 5.57. The van der Waals surface area contributed by atoms with Gasteiger partial charge in [0, 0.05) is 34.3 Å². The van der Waals surface area contributed by atoms with Gasteiger partial charge in [-0.05, 0) is 76.7 Å². The third-order valence-electron chi connectivity index (χ3n) is 12.2. The van der Waals surface area contributed by atoms with Crippen LogP contribution in [0.3, 0.4) is 0 Å². The Bertz CT molecular complexity index is 1280. The van der Waals surface area contributed by atoms with Crippen LogP contribution in [0.15, 0.2) is 11.1 Å². The minimum Gasteiger partial charge on any atom is -0.457 e. The van der Waals surface area contributed by atoms with Crippen molar-refractivity contribution in [3.05, 3.63) is 11.1 Å². The van der Waals surface area contributed by atoms with E-state index in [2.05, 4.69) is 12.2 Å². The van der Waals surface area contributed by atoms with Gasteiger partial charge in [0.1, 0.15) is 11.7 Å². The lowest BCUT2D eigenvalue weighted by atomic mass is 9.39. The van der Waals surface area contributed by atoms with Crippen molar-refractivity contribution in [2.45, 2.75) is 139 Å². The molecule has 0 aromatic rings. The first-order valence-corrected chi connectivity index (χ1v) is 16.8. The van der Waals surface area contributed by atoms with Crippen LogP contribution >= 0.6 is 0 Å². The zero-order valence-electron chi connectivity index (χ0n) is 29.8. The summed E-state index contributed by atoms with van der Waals surface area (Å²) in [6.07, 6.45) is -0.291. The number of ketones is 2. The van der Waals surface area contributed by atoms with E-state index in [0.717, 1.165) is 0 Å². The predicted molar refractivity (Wildman–Crippen MR) is 170 cm³/mol. The molecule has 9 heteroatoms. The predicted octanol–water partition coefficient (Wildman–Crippen LogP) is 5.81. The van der Waals surface area contributed by atoms with Gasteiger partial charge in [0.05, 0.1) is 24.2 Å². The summed E-state index contributed by atoms with van der Waals surface area (Å²) in [7, 11) is 0. The van der Waals surface area contributed by atoms with Crippen LogP contribution in [0.4, 0.5) is 4.79 Å². The molecule has 1 saturated heterocycles. The molecule has 0 aromatic carbocycles. The van der Waals surface area contributed by atoms with Gasteiger partial charge in [-0.3, -0.25) is 14.4 Å². The number of ether oxygens (including phenoxy) is 3. The average molecular weight is 632 g/mol. The largest absolute Gasteiger partial charge is 0.457 e. The molecule has 2 bridgehead atoms. The maximum atomic E-state index is 14.4. The number of hydrogen-bond donors (Lipinski definition) is 2. The number of esters is 1. The van der Waals surface area contributed by atoms with Crippen LogP contribution in [-0.4, -0.2) is 64.8 Å². The molecule has 10 atom stereocenters. The molecule has 0 unspecified atom stereocenters. The van der Waals surface area contributed by atoms with E-state index in [1.165, 1.54) is 0 Å². The van der Waals surface area contributed by atoms with Gasteiger partial charge in [0.15, 0.2) is 0 Å². The lowest BCUT2D eigenvalue weighted by Gasteiger charge is -2.68. The fourth-order valence-corrected chi connectivity index (χ4v) is 9.41. The van der Waals surface area contributed by atoms with Gasteiger partial charge < -0.3 is 24.6 Å². The van der Waals surface area contributed by atoms with E-state index in [4.69, 9.17) is 14.2 Å². The van der Waals surface area contributed by atoms with E-state index < -0.39 is 69.6 Å². The molecule has 0 radical (unpaired) electrons. The Balaban J connectivity index is 1.73. The van der Waals surface area contributed by atoms with Crippen molar-refractivity contribution < 1.29 is 38.5 Å². The second kappa shape index (κ2) is 11.5. The zero-order chi connectivity index (χ0) is 34.2. The standard InChI is InChI=1S/C36H57NO8/c1-18(2)14-23(37-31(41)45-32(7,8)9)20(4)30(40)44-24-16-36(42)22(6)28-34(12)17-43-25(34)15-19(3)35(28,13)29(39)27(38)26(21(24)5)33(36,10)11/h18-20,22-25,28,42H,14-17H2,1-13H3,(H,37,41)/t19-,20+,22-,23-,24-,25+,28+,34+,35+,36+/m0/s1. The molecule has 9 nitrogen and oxygen atoms in total. The van der Waals surface area contributed by atoms with Gasteiger partial charge in [-0.15, -0.1) is 0 Å². The summed E-state index contributed by atoms with van der Waals surface area (Å²) in [5.74, 6) is -3.00. The lowest BCUT2D eigenvalue weighted by Crippen LogP contribution is -2.73. The smallest absolute Gasteiger partial charge is 0.407 e. The van der Waals surface area contributed by atoms with Crippen molar-refractivity contribution in [1.82, 2.24) is 5.32 Å². The molecule has 1 aliphatic heterocycles. The first-order chi connectivity index (χ1) is 20.4. The number of aliphatic hydroxyl groups is 1. The van der Waals surface area contributed by atoms with Crippen LogP contribution in [-0.2, 0) is 28.6 Å². The Labute approximate surface area is 269 Å². The summed E-state index contributed by atoms with van der Waals surface area (Å²) >= 11 is 0. The highest BCUT2D eigenvalue weighted by Gasteiger charge is 2.72. The van der Waals surface area contributed by atoms with Crippen LogP contribution in [0.2, 0.25) is 0 Å². The zero-order valence-corrected chi connectivity index (χ0v) is 29.8. The van der Waals surface area contributed by atoms with Crippen molar-refractivity contribution in [3.63, 3.8) is 0 Å². The molecule has 1 amide bonds. The minimum atomic E-state index is -1.47. The fourth-order valence-electron chi connectivity index (χ4n) is 9.41. The summed E-state index contributed by atoms with van der Waals surface area (Å²) in [4.78, 5) is 55.3. The third-order valence-corrected chi connectivity index (χ3v) is 12.2. The van der Waals surface area contributed by atoms with E-state index >= 15 is 0 Å². The monoisotopic (exact) mass is 631 g/mol. The van der Waals surface area contributed by atoms with Crippen LogP contribution in [0.25, 0.3) is 0 Å². The van der Waals surface area contributed by atoms with Gasteiger partial charge in [0.25, 0.3) is 0 Å². The summed E-state index contributed by atoms with van der Waals surface area (Å²) < 4.78 is 17.6. The number of rotatable bonds is 6. The van der Waals surface area contributed by atoms with Crippen molar-refractivity contribution in [1.29, 1.82) is 0 Å². The molecule has 0 aromatic heterocycles. The van der Waals surface area contributed by atoms with Crippen molar-refractivity contribution in [2.75, 3.05) is 6.61 Å². The molecule has 3 fully saturated rings. The van der Waals surface area contributed by atoms with Crippen molar-refractivity contribution >= 4 is 23.6 Å². The number of hydrogen-bond acceptors (Lipinski definition) is 8. The quantitative estimate of drug-likeness (QED) is 0.278.